The Labute approximate surface area is 141 Å². The zero-order chi connectivity index (χ0) is 16.4. The maximum absolute atomic E-state index is 12.7. The molecule has 1 N–H and O–H groups in total. The molecule has 2 atom stereocenters. The fourth-order valence-electron chi connectivity index (χ4n) is 3.72. The lowest BCUT2D eigenvalue weighted by Crippen LogP contribution is -2.49. The molecular formula is C17H24N2O3S. The van der Waals surface area contributed by atoms with Crippen LogP contribution in [-0.2, 0) is 0 Å². The Bertz CT molecular complexity index is 545. The Morgan fingerprint density at radius 1 is 1.13 bits per heavy atom. The summed E-state index contributed by atoms with van der Waals surface area (Å²) < 4.78 is 10.5. The van der Waals surface area contributed by atoms with Gasteiger partial charge in [-0.1, -0.05) is 0 Å². The summed E-state index contributed by atoms with van der Waals surface area (Å²) in [4.78, 5) is 14.8. The second-order valence-corrected chi connectivity index (χ2v) is 7.29. The van der Waals surface area contributed by atoms with Crippen molar-refractivity contribution in [3.8, 4) is 11.5 Å². The lowest BCUT2D eigenvalue weighted by atomic mass is 10.0. The highest BCUT2D eigenvalue weighted by Crippen LogP contribution is 2.40. The molecule has 3 rings (SSSR count). The van der Waals surface area contributed by atoms with E-state index in [-0.39, 0.29) is 6.03 Å². The van der Waals surface area contributed by atoms with Crippen molar-refractivity contribution >= 4 is 23.5 Å². The van der Waals surface area contributed by atoms with Crippen LogP contribution >= 0.6 is 11.8 Å². The molecule has 2 aliphatic heterocycles. The van der Waals surface area contributed by atoms with Crippen LogP contribution in [0.4, 0.5) is 10.5 Å². The highest BCUT2D eigenvalue weighted by atomic mass is 32.2. The van der Waals surface area contributed by atoms with Gasteiger partial charge in [0.1, 0.15) is 11.5 Å². The van der Waals surface area contributed by atoms with Crippen molar-refractivity contribution in [3.05, 3.63) is 18.2 Å². The zero-order valence-electron chi connectivity index (χ0n) is 13.9. The van der Waals surface area contributed by atoms with Crippen molar-refractivity contribution in [2.45, 2.75) is 43.0 Å². The molecular weight excluding hydrogens is 312 g/mol. The van der Waals surface area contributed by atoms with Crippen molar-refractivity contribution < 1.29 is 14.3 Å². The van der Waals surface area contributed by atoms with E-state index >= 15 is 0 Å². The molecule has 2 fully saturated rings. The van der Waals surface area contributed by atoms with Crippen LogP contribution in [0.5, 0.6) is 11.5 Å². The number of carbonyl (C=O) groups is 1. The fourth-order valence-corrected chi connectivity index (χ4v) is 4.55. The number of thioether (sulfide) groups is 1. The van der Waals surface area contributed by atoms with Crippen LogP contribution in [0.2, 0.25) is 0 Å². The Hall–Kier alpha value is -1.56. The number of nitrogens with zero attached hydrogens (tertiary/aromatic N) is 1. The molecule has 2 aliphatic rings. The number of carbonyl (C=O) groups excluding carboxylic acids is 1. The van der Waals surface area contributed by atoms with Crippen molar-refractivity contribution in [2.24, 2.45) is 0 Å². The van der Waals surface area contributed by atoms with E-state index in [1.165, 1.54) is 0 Å². The van der Waals surface area contributed by atoms with Crippen LogP contribution in [-0.4, -0.2) is 48.7 Å². The van der Waals surface area contributed by atoms with Gasteiger partial charge < -0.3 is 19.7 Å². The summed E-state index contributed by atoms with van der Waals surface area (Å²) >= 11 is 1.93. The predicted octanol–water partition coefficient (Wildman–Crippen LogP) is 3.59. The number of benzene rings is 1. The summed E-state index contributed by atoms with van der Waals surface area (Å²) in [5.74, 6) is 1.34. The number of nitrogens with one attached hydrogen (secondary N) is 1. The average molecular weight is 336 g/mol. The normalized spacial score (nSPS) is 26.0. The summed E-state index contributed by atoms with van der Waals surface area (Å²) in [5, 5.41) is 3.70. The van der Waals surface area contributed by atoms with Gasteiger partial charge in [0.05, 0.1) is 14.2 Å². The molecule has 2 amide bonds. The van der Waals surface area contributed by atoms with E-state index in [1.54, 1.807) is 20.3 Å². The quantitative estimate of drug-likeness (QED) is 0.913. The van der Waals surface area contributed by atoms with E-state index in [4.69, 9.17) is 9.47 Å². The average Bonchev–Trinajstić information content (AvgIpc) is 2.84. The molecule has 0 radical (unpaired) electrons. The molecule has 23 heavy (non-hydrogen) atoms. The molecule has 1 aromatic rings. The highest BCUT2D eigenvalue weighted by molar-refractivity contribution is 7.99. The molecule has 0 spiro atoms. The number of piperidine rings is 1. The second-order valence-electron chi connectivity index (χ2n) is 6.15. The van der Waals surface area contributed by atoms with Crippen molar-refractivity contribution in [1.82, 2.24) is 4.90 Å². The largest absolute Gasteiger partial charge is 0.497 e. The van der Waals surface area contributed by atoms with Crippen LogP contribution in [0.3, 0.4) is 0 Å². The van der Waals surface area contributed by atoms with Gasteiger partial charge in [-0.25, -0.2) is 4.79 Å². The third kappa shape index (κ3) is 3.37. The van der Waals surface area contributed by atoms with Gasteiger partial charge in [0.25, 0.3) is 0 Å². The van der Waals surface area contributed by atoms with Crippen LogP contribution in [0, 0.1) is 0 Å². The first-order valence-electron chi connectivity index (χ1n) is 7.99. The molecule has 0 aliphatic carbocycles. The molecule has 2 saturated heterocycles. The molecule has 0 aromatic heterocycles. The molecule has 2 heterocycles. The first kappa shape index (κ1) is 16.3. The Kier molecular flexibility index (Phi) is 4.90. The topological polar surface area (TPSA) is 50.8 Å². The van der Waals surface area contributed by atoms with Crippen molar-refractivity contribution in [1.29, 1.82) is 0 Å². The van der Waals surface area contributed by atoms with Crippen LogP contribution in [0.15, 0.2) is 18.2 Å². The zero-order valence-corrected chi connectivity index (χ0v) is 14.7. The maximum atomic E-state index is 12.7. The minimum atomic E-state index is -0.00707. The van der Waals surface area contributed by atoms with Gasteiger partial charge in [-0.2, -0.15) is 11.8 Å². The number of methoxy groups -OCH3 is 2. The van der Waals surface area contributed by atoms with Gasteiger partial charge in [-0.15, -0.1) is 0 Å². The van der Waals surface area contributed by atoms with Crippen LogP contribution in [0.1, 0.15) is 25.7 Å². The number of hydrogen-bond acceptors (Lipinski definition) is 4. The lowest BCUT2D eigenvalue weighted by Gasteiger charge is -2.38. The maximum Gasteiger partial charge on any atom is 0.322 e. The van der Waals surface area contributed by atoms with E-state index in [2.05, 4.69) is 16.5 Å². The molecule has 6 heteroatoms. The predicted molar refractivity (Wildman–Crippen MR) is 93.8 cm³/mol. The van der Waals surface area contributed by atoms with E-state index in [1.807, 2.05) is 23.9 Å². The highest BCUT2D eigenvalue weighted by Gasteiger charge is 2.43. The van der Waals surface area contributed by atoms with E-state index in [9.17, 15) is 4.79 Å². The Morgan fingerprint density at radius 3 is 2.17 bits per heavy atom. The number of hydrogen-bond donors (Lipinski definition) is 1. The summed E-state index contributed by atoms with van der Waals surface area (Å²) in [6.07, 6.45) is 6.62. The number of rotatable bonds is 4. The number of anilines is 1. The minimum absolute atomic E-state index is 0.00707. The third-order valence-electron chi connectivity index (χ3n) is 4.86. The van der Waals surface area contributed by atoms with E-state index in [0.29, 0.717) is 34.5 Å². The van der Waals surface area contributed by atoms with Crippen LogP contribution in [0.25, 0.3) is 0 Å². The Balaban J connectivity index is 1.73. The molecule has 0 saturated carbocycles. The molecule has 2 bridgehead atoms. The number of amides is 2. The van der Waals surface area contributed by atoms with Crippen LogP contribution < -0.4 is 14.8 Å². The summed E-state index contributed by atoms with van der Waals surface area (Å²) in [5.41, 5.74) is 0.706. The smallest absolute Gasteiger partial charge is 0.322 e. The first-order valence-corrected chi connectivity index (χ1v) is 9.28. The van der Waals surface area contributed by atoms with Gasteiger partial charge in [0.2, 0.25) is 0 Å². The van der Waals surface area contributed by atoms with Gasteiger partial charge in [-0.05, 0) is 31.9 Å². The number of urea groups is 1. The fraction of sp³-hybridized carbons (Fsp3) is 0.588. The van der Waals surface area contributed by atoms with Crippen molar-refractivity contribution in [3.63, 3.8) is 0 Å². The number of fused-ring (bicyclic) bond motifs is 2. The van der Waals surface area contributed by atoms with Gasteiger partial charge in [0.15, 0.2) is 0 Å². The molecule has 126 valence electrons. The first-order chi connectivity index (χ1) is 11.1. The van der Waals surface area contributed by atoms with E-state index < -0.39 is 0 Å². The monoisotopic (exact) mass is 336 g/mol. The van der Waals surface area contributed by atoms with Gasteiger partial charge in [0, 0.05) is 41.2 Å². The third-order valence-corrected chi connectivity index (χ3v) is 5.91. The Morgan fingerprint density at radius 2 is 1.70 bits per heavy atom. The minimum Gasteiger partial charge on any atom is -0.497 e. The SMILES string of the molecule is COc1cc(NC(=O)N2C3CCC2CC(SC)C3)cc(OC)c1. The summed E-state index contributed by atoms with van der Waals surface area (Å²) in [6, 6.07) is 6.17. The lowest BCUT2D eigenvalue weighted by molar-refractivity contribution is 0.161. The number of ether oxygens (including phenoxy) is 2. The second kappa shape index (κ2) is 6.91. The molecule has 1 aromatic carbocycles. The summed E-state index contributed by atoms with van der Waals surface area (Å²) in [6.45, 7) is 0. The van der Waals surface area contributed by atoms with Gasteiger partial charge in [-0.3, -0.25) is 0 Å². The standard InChI is InChI=1S/C17H24N2O3S/c1-21-14-6-11(7-15(10-14)22-2)18-17(20)19-12-4-5-13(19)9-16(8-12)23-3/h6-7,10,12-13,16H,4-5,8-9H2,1-3H3,(H,18,20). The molecule has 5 nitrogen and oxygen atoms in total. The molecule has 2 unspecified atom stereocenters. The summed E-state index contributed by atoms with van der Waals surface area (Å²) in [7, 11) is 3.21. The van der Waals surface area contributed by atoms with Gasteiger partial charge >= 0.3 is 6.03 Å². The van der Waals surface area contributed by atoms with E-state index in [0.717, 1.165) is 25.7 Å². The van der Waals surface area contributed by atoms with Crippen molar-refractivity contribution in [2.75, 3.05) is 25.8 Å².